The van der Waals surface area contributed by atoms with Crippen LogP contribution < -0.4 is 5.73 Å². The largest absolute Gasteiger partial charge is 0.478 e. The number of carboxylic acids is 1. The molecule has 0 radical (unpaired) electrons. The van der Waals surface area contributed by atoms with E-state index in [0.717, 1.165) is 0 Å². The summed E-state index contributed by atoms with van der Waals surface area (Å²) in [5.74, 6) is -1.06. The Kier molecular flexibility index (Phi) is 4.32. The second-order valence-corrected chi connectivity index (χ2v) is 4.93. The van der Waals surface area contributed by atoms with Crippen LogP contribution in [-0.4, -0.2) is 11.1 Å². The van der Waals surface area contributed by atoms with Crippen molar-refractivity contribution in [1.82, 2.24) is 0 Å². The summed E-state index contributed by atoms with van der Waals surface area (Å²) >= 11 is 12.1. The van der Waals surface area contributed by atoms with Gasteiger partial charge in [-0.25, -0.2) is 4.79 Å². The molecule has 102 valence electrons. The van der Waals surface area contributed by atoms with Crippen LogP contribution >= 0.6 is 23.2 Å². The second-order valence-electron chi connectivity index (χ2n) is 4.12. The highest BCUT2D eigenvalue weighted by Gasteiger charge is 2.13. The molecule has 0 saturated carbocycles. The first-order valence-corrected chi connectivity index (χ1v) is 6.49. The Labute approximate surface area is 126 Å². The average Bonchev–Trinajstić information content (AvgIpc) is 2.39. The fraction of sp³-hybridized carbons (Fsp3) is 0. The van der Waals surface area contributed by atoms with Crippen LogP contribution in [-0.2, 0) is 4.79 Å². The van der Waals surface area contributed by atoms with E-state index < -0.39 is 5.97 Å². The lowest BCUT2D eigenvalue weighted by Crippen LogP contribution is -2.00. The van der Waals surface area contributed by atoms with E-state index in [1.165, 1.54) is 6.08 Å². The van der Waals surface area contributed by atoms with E-state index in [0.29, 0.717) is 26.9 Å². The summed E-state index contributed by atoms with van der Waals surface area (Å²) in [5.41, 5.74) is 7.26. The Balaban J connectivity index is 2.56. The van der Waals surface area contributed by atoms with E-state index >= 15 is 0 Å². The van der Waals surface area contributed by atoms with Crippen molar-refractivity contribution >= 4 is 46.5 Å². The van der Waals surface area contributed by atoms with Crippen molar-refractivity contribution in [1.29, 1.82) is 0 Å². The van der Waals surface area contributed by atoms with Gasteiger partial charge in [-0.3, -0.25) is 0 Å². The number of nitrogen functional groups attached to an aromatic ring is 1. The zero-order valence-corrected chi connectivity index (χ0v) is 11.8. The molecule has 5 heteroatoms. The van der Waals surface area contributed by atoms with Gasteiger partial charge in [-0.15, -0.1) is 0 Å². The number of carboxylic acid groups (broad SMARTS) is 1. The van der Waals surface area contributed by atoms with E-state index in [4.69, 9.17) is 28.9 Å². The Morgan fingerprint density at radius 3 is 2.10 bits per heavy atom. The van der Waals surface area contributed by atoms with Gasteiger partial charge in [0.15, 0.2) is 0 Å². The van der Waals surface area contributed by atoms with Crippen molar-refractivity contribution in [2.75, 3.05) is 5.73 Å². The van der Waals surface area contributed by atoms with Crippen LogP contribution in [0.25, 0.3) is 11.6 Å². The van der Waals surface area contributed by atoms with Crippen LogP contribution in [0, 0.1) is 0 Å². The van der Waals surface area contributed by atoms with Gasteiger partial charge in [0.1, 0.15) is 0 Å². The standard InChI is InChI=1S/C15H11Cl2NO2/c16-13-2-1-3-14(17)12(13)8-11(15(19)20)9-4-6-10(18)7-5-9/h1-8H,18H2,(H,19,20)/b11-8-. The Morgan fingerprint density at radius 1 is 1.05 bits per heavy atom. The highest BCUT2D eigenvalue weighted by atomic mass is 35.5. The van der Waals surface area contributed by atoms with Gasteiger partial charge < -0.3 is 10.8 Å². The SMILES string of the molecule is Nc1ccc(/C(=C/c2c(Cl)cccc2Cl)C(=O)O)cc1. The van der Waals surface area contributed by atoms with E-state index in [-0.39, 0.29) is 5.57 Å². The first kappa shape index (κ1) is 14.4. The summed E-state index contributed by atoms with van der Waals surface area (Å²) in [4.78, 5) is 11.4. The summed E-state index contributed by atoms with van der Waals surface area (Å²) in [6, 6.07) is 11.6. The predicted molar refractivity (Wildman–Crippen MR) is 82.8 cm³/mol. The van der Waals surface area contributed by atoms with Gasteiger partial charge in [0, 0.05) is 21.3 Å². The van der Waals surface area contributed by atoms with E-state index in [1.54, 1.807) is 42.5 Å². The zero-order chi connectivity index (χ0) is 14.7. The van der Waals surface area contributed by atoms with Crippen molar-refractivity contribution in [3.63, 3.8) is 0 Å². The number of anilines is 1. The number of halogens is 2. The molecule has 0 amide bonds. The van der Waals surface area contributed by atoms with Crippen molar-refractivity contribution in [2.24, 2.45) is 0 Å². The van der Waals surface area contributed by atoms with Gasteiger partial charge in [-0.2, -0.15) is 0 Å². The average molecular weight is 308 g/mol. The molecule has 0 atom stereocenters. The number of benzene rings is 2. The number of hydrogen-bond donors (Lipinski definition) is 2. The molecule has 3 N–H and O–H groups in total. The molecule has 0 aliphatic carbocycles. The minimum Gasteiger partial charge on any atom is -0.478 e. The van der Waals surface area contributed by atoms with Crippen molar-refractivity contribution in [2.45, 2.75) is 0 Å². The van der Waals surface area contributed by atoms with Crippen LogP contribution in [0.15, 0.2) is 42.5 Å². The van der Waals surface area contributed by atoms with E-state index in [9.17, 15) is 9.90 Å². The van der Waals surface area contributed by atoms with E-state index in [1.807, 2.05) is 0 Å². The fourth-order valence-corrected chi connectivity index (χ4v) is 2.23. The molecular formula is C15H11Cl2NO2. The highest BCUT2D eigenvalue weighted by molar-refractivity contribution is 6.38. The number of rotatable bonds is 3. The molecule has 0 aliphatic heterocycles. The maximum Gasteiger partial charge on any atom is 0.336 e. The number of carbonyl (C=O) groups is 1. The Bertz CT molecular complexity index is 659. The second kappa shape index (κ2) is 5.99. The van der Waals surface area contributed by atoms with Gasteiger partial charge in [0.2, 0.25) is 0 Å². The lowest BCUT2D eigenvalue weighted by atomic mass is 10.0. The number of aliphatic carboxylic acids is 1. The molecule has 0 unspecified atom stereocenters. The van der Waals surface area contributed by atoms with E-state index in [2.05, 4.69) is 0 Å². The molecule has 0 fully saturated rings. The molecule has 0 aliphatic rings. The Morgan fingerprint density at radius 2 is 1.60 bits per heavy atom. The molecule has 0 aromatic heterocycles. The molecule has 2 rings (SSSR count). The molecule has 20 heavy (non-hydrogen) atoms. The molecule has 2 aromatic rings. The molecule has 0 heterocycles. The highest BCUT2D eigenvalue weighted by Crippen LogP contribution is 2.29. The van der Waals surface area contributed by atoms with Gasteiger partial charge in [-0.1, -0.05) is 41.4 Å². The third kappa shape index (κ3) is 3.13. The molecule has 2 aromatic carbocycles. The maximum atomic E-state index is 11.4. The normalized spacial score (nSPS) is 11.4. The number of nitrogens with two attached hydrogens (primary N) is 1. The summed E-state index contributed by atoms with van der Waals surface area (Å²) in [6.45, 7) is 0. The first-order chi connectivity index (χ1) is 9.49. The maximum absolute atomic E-state index is 11.4. The number of hydrogen-bond acceptors (Lipinski definition) is 2. The minimum absolute atomic E-state index is 0.0972. The molecule has 0 saturated heterocycles. The van der Waals surface area contributed by atoms with Crippen LogP contribution in [0.4, 0.5) is 5.69 Å². The smallest absolute Gasteiger partial charge is 0.336 e. The topological polar surface area (TPSA) is 63.3 Å². The first-order valence-electron chi connectivity index (χ1n) is 5.74. The zero-order valence-electron chi connectivity index (χ0n) is 10.3. The summed E-state index contributed by atoms with van der Waals surface area (Å²) in [6.07, 6.45) is 1.46. The van der Waals surface area contributed by atoms with Gasteiger partial charge in [0.25, 0.3) is 0 Å². The third-order valence-electron chi connectivity index (χ3n) is 2.74. The monoisotopic (exact) mass is 307 g/mol. The summed E-state index contributed by atoms with van der Waals surface area (Å²) in [5, 5.41) is 10.1. The predicted octanol–water partition coefficient (Wildman–Crippen LogP) is 4.20. The van der Waals surface area contributed by atoms with Crippen molar-refractivity contribution in [3.8, 4) is 0 Å². The van der Waals surface area contributed by atoms with Gasteiger partial charge in [0.05, 0.1) is 5.57 Å². The summed E-state index contributed by atoms with van der Waals surface area (Å²) in [7, 11) is 0. The molecular weight excluding hydrogens is 297 g/mol. The summed E-state index contributed by atoms with van der Waals surface area (Å²) < 4.78 is 0. The molecule has 3 nitrogen and oxygen atoms in total. The lowest BCUT2D eigenvalue weighted by Gasteiger charge is -2.06. The van der Waals surface area contributed by atoms with Crippen molar-refractivity contribution in [3.05, 3.63) is 63.6 Å². The molecule has 0 bridgehead atoms. The van der Waals surface area contributed by atoms with Crippen LogP contribution in [0.1, 0.15) is 11.1 Å². The van der Waals surface area contributed by atoms with Crippen LogP contribution in [0.3, 0.4) is 0 Å². The fourth-order valence-electron chi connectivity index (χ4n) is 1.72. The van der Waals surface area contributed by atoms with Crippen molar-refractivity contribution < 1.29 is 9.90 Å². The Hall–Kier alpha value is -1.97. The van der Waals surface area contributed by atoms with Crippen LogP contribution in [0.2, 0.25) is 10.0 Å². The molecule has 0 spiro atoms. The van der Waals surface area contributed by atoms with Crippen LogP contribution in [0.5, 0.6) is 0 Å². The van der Waals surface area contributed by atoms with Gasteiger partial charge in [-0.05, 0) is 35.9 Å². The quantitative estimate of drug-likeness (QED) is 0.507. The minimum atomic E-state index is -1.06. The van der Waals surface area contributed by atoms with Gasteiger partial charge >= 0.3 is 5.97 Å². The third-order valence-corrected chi connectivity index (χ3v) is 3.40. The lowest BCUT2D eigenvalue weighted by molar-refractivity contribution is -0.130.